The highest BCUT2D eigenvalue weighted by molar-refractivity contribution is 6.30. The van der Waals surface area contributed by atoms with Crippen LogP contribution in [0.3, 0.4) is 0 Å². The Balaban J connectivity index is 1.97. The number of anilines is 1. The second-order valence-corrected chi connectivity index (χ2v) is 4.60. The Morgan fingerprint density at radius 1 is 1.17 bits per heavy atom. The molecule has 94 valence electrons. The van der Waals surface area contributed by atoms with E-state index in [4.69, 9.17) is 11.6 Å². The van der Waals surface area contributed by atoms with Gasteiger partial charge in [0, 0.05) is 12.1 Å². The first-order chi connectivity index (χ1) is 8.68. The predicted octanol–water partition coefficient (Wildman–Crippen LogP) is 3.40. The number of halogens is 1. The minimum Gasteiger partial charge on any atom is -0.369 e. The van der Waals surface area contributed by atoms with Crippen molar-refractivity contribution >= 4 is 17.4 Å². The monoisotopic (exact) mass is 261 g/mol. The first-order valence-electron chi connectivity index (χ1n) is 5.94. The summed E-state index contributed by atoms with van der Waals surface area (Å²) in [6.07, 6.45) is 2.44. The van der Waals surface area contributed by atoms with Crippen LogP contribution in [0, 0.1) is 13.8 Å². The van der Waals surface area contributed by atoms with Crippen molar-refractivity contribution in [1.29, 1.82) is 0 Å². The smallest absolute Gasteiger partial charge is 0.137 e. The molecule has 1 aromatic carbocycles. The predicted molar refractivity (Wildman–Crippen MR) is 75.2 cm³/mol. The summed E-state index contributed by atoms with van der Waals surface area (Å²) in [5, 5.41) is 3.80. The van der Waals surface area contributed by atoms with Gasteiger partial charge in [-0.25, -0.2) is 9.97 Å². The van der Waals surface area contributed by atoms with Crippen LogP contribution < -0.4 is 5.32 Å². The maximum absolute atomic E-state index is 5.94. The Kier molecular flexibility index (Phi) is 4.15. The summed E-state index contributed by atoms with van der Waals surface area (Å²) in [7, 11) is 0. The van der Waals surface area contributed by atoms with Gasteiger partial charge in [-0.05, 0) is 31.4 Å². The van der Waals surface area contributed by atoms with Gasteiger partial charge in [0.1, 0.15) is 17.3 Å². The van der Waals surface area contributed by atoms with Gasteiger partial charge in [-0.2, -0.15) is 0 Å². The van der Waals surface area contributed by atoms with E-state index in [0.717, 1.165) is 24.3 Å². The van der Waals surface area contributed by atoms with Crippen LogP contribution in [0.25, 0.3) is 0 Å². The molecule has 2 rings (SSSR count). The molecule has 3 nitrogen and oxygen atoms in total. The normalized spacial score (nSPS) is 10.4. The number of aromatic nitrogens is 2. The van der Waals surface area contributed by atoms with Gasteiger partial charge < -0.3 is 5.32 Å². The average Bonchev–Trinajstić information content (AvgIpc) is 2.37. The molecule has 0 unspecified atom stereocenters. The average molecular weight is 262 g/mol. The van der Waals surface area contributed by atoms with Gasteiger partial charge in [-0.3, -0.25) is 0 Å². The second kappa shape index (κ2) is 5.83. The van der Waals surface area contributed by atoms with E-state index >= 15 is 0 Å². The zero-order valence-electron chi connectivity index (χ0n) is 10.6. The largest absolute Gasteiger partial charge is 0.369 e. The fourth-order valence-electron chi connectivity index (χ4n) is 1.81. The molecule has 1 N–H and O–H groups in total. The Morgan fingerprint density at radius 2 is 1.94 bits per heavy atom. The fourth-order valence-corrected chi connectivity index (χ4v) is 1.95. The number of nitrogens with zero attached hydrogens (tertiary/aromatic N) is 2. The third kappa shape index (κ3) is 2.99. The van der Waals surface area contributed by atoms with Crippen molar-refractivity contribution in [1.82, 2.24) is 9.97 Å². The zero-order valence-corrected chi connectivity index (χ0v) is 11.3. The number of nitrogens with one attached hydrogen (secondary N) is 1. The maximum atomic E-state index is 5.94. The van der Waals surface area contributed by atoms with Crippen LogP contribution in [0.1, 0.15) is 16.7 Å². The van der Waals surface area contributed by atoms with Crippen LogP contribution in [-0.4, -0.2) is 16.5 Å². The molecular weight excluding hydrogens is 246 g/mol. The van der Waals surface area contributed by atoms with Crippen LogP contribution in [0.2, 0.25) is 5.15 Å². The van der Waals surface area contributed by atoms with Crippen LogP contribution in [-0.2, 0) is 6.42 Å². The van der Waals surface area contributed by atoms with Crippen molar-refractivity contribution in [3.05, 3.63) is 52.4 Å². The molecular formula is C14H16ClN3. The molecule has 18 heavy (non-hydrogen) atoms. The highest BCUT2D eigenvalue weighted by atomic mass is 35.5. The van der Waals surface area contributed by atoms with E-state index in [2.05, 4.69) is 46.5 Å². The Labute approximate surface area is 112 Å². The van der Waals surface area contributed by atoms with E-state index in [9.17, 15) is 0 Å². The summed E-state index contributed by atoms with van der Waals surface area (Å²) in [6.45, 7) is 4.87. The van der Waals surface area contributed by atoms with Gasteiger partial charge in [-0.1, -0.05) is 35.9 Å². The molecule has 0 bridgehead atoms. The number of hydrogen-bond acceptors (Lipinski definition) is 3. The lowest BCUT2D eigenvalue weighted by Gasteiger charge is -2.10. The molecule has 0 aliphatic heterocycles. The minimum absolute atomic E-state index is 0.503. The molecule has 0 amide bonds. The standard InChI is InChI=1S/C14H16ClN3/c1-10-5-3-4-6-12(10)7-8-16-14-11(2)13(15)17-9-18-14/h3-6,9H,7-8H2,1-2H3,(H,16,17,18). The molecule has 1 heterocycles. The Morgan fingerprint density at radius 3 is 2.72 bits per heavy atom. The van der Waals surface area contributed by atoms with E-state index in [1.807, 2.05) is 6.92 Å². The van der Waals surface area contributed by atoms with Crippen molar-refractivity contribution in [3.63, 3.8) is 0 Å². The van der Waals surface area contributed by atoms with Crippen LogP contribution in [0.5, 0.6) is 0 Å². The Hall–Kier alpha value is -1.61. The van der Waals surface area contributed by atoms with Crippen molar-refractivity contribution in [2.45, 2.75) is 20.3 Å². The fraction of sp³-hybridized carbons (Fsp3) is 0.286. The summed E-state index contributed by atoms with van der Waals surface area (Å²) in [5.74, 6) is 0.809. The van der Waals surface area contributed by atoms with Gasteiger partial charge in [0.2, 0.25) is 0 Å². The lowest BCUT2D eigenvalue weighted by Crippen LogP contribution is -2.08. The van der Waals surface area contributed by atoms with E-state index < -0.39 is 0 Å². The number of rotatable bonds is 4. The number of benzene rings is 1. The van der Waals surface area contributed by atoms with Crippen LogP contribution in [0.15, 0.2) is 30.6 Å². The Bertz CT molecular complexity index is 540. The van der Waals surface area contributed by atoms with Gasteiger partial charge in [0.25, 0.3) is 0 Å². The highest BCUT2D eigenvalue weighted by Gasteiger charge is 2.04. The second-order valence-electron chi connectivity index (χ2n) is 4.24. The molecule has 0 atom stereocenters. The molecule has 0 radical (unpaired) electrons. The summed E-state index contributed by atoms with van der Waals surface area (Å²) in [5.41, 5.74) is 3.56. The van der Waals surface area contributed by atoms with Crippen molar-refractivity contribution in [2.24, 2.45) is 0 Å². The number of hydrogen-bond donors (Lipinski definition) is 1. The molecule has 0 fully saturated rings. The van der Waals surface area contributed by atoms with Gasteiger partial charge in [-0.15, -0.1) is 0 Å². The van der Waals surface area contributed by atoms with Crippen LogP contribution >= 0.6 is 11.6 Å². The van der Waals surface area contributed by atoms with E-state index in [1.165, 1.54) is 17.5 Å². The zero-order chi connectivity index (χ0) is 13.0. The molecule has 0 saturated carbocycles. The molecule has 0 aliphatic rings. The SMILES string of the molecule is Cc1ccccc1CCNc1ncnc(Cl)c1C. The summed E-state index contributed by atoms with van der Waals surface area (Å²) in [6, 6.07) is 8.40. The van der Waals surface area contributed by atoms with Gasteiger partial charge >= 0.3 is 0 Å². The lowest BCUT2D eigenvalue weighted by molar-refractivity contribution is 0.981. The quantitative estimate of drug-likeness (QED) is 0.858. The maximum Gasteiger partial charge on any atom is 0.137 e. The summed E-state index contributed by atoms with van der Waals surface area (Å²) in [4.78, 5) is 8.12. The van der Waals surface area contributed by atoms with E-state index in [-0.39, 0.29) is 0 Å². The van der Waals surface area contributed by atoms with Gasteiger partial charge in [0.15, 0.2) is 0 Å². The molecule has 2 aromatic rings. The third-order valence-electron chi connectivity index (χ3n) is 2.97. The molecule has 0 spiro atoms. The summed E-state index contributed by atoms with van der Waals surface area (Å²) < 4.78 is 0. The molecule has 1 aromatic heterocycles. The third-order valence-corrected chi connectivity index (χ3v) is 3.35. The van der Waals surface area contributed by atoms with Crippen molar-refractivity contribution in [3.8, 4) is 0 Å². The van der Waals surface area contributed by atoms with E-state index in [0.29, 0.717) is 5.15 Å². The lowest BCUT2D eigenvalue weighted by atomic mass is 10.1. The topological polar surface area (TPSA) is 37.8 Å². The van der Waals surface area contributed by atoms with Gasteiger partial charge in [0.05, 0.1) is 0 Å². The van der Waals surface area contributed by atoms with Crippen molar-refractivity contribution in [2.75, 3.05) is 11.9 Å². The highest BCUT2D eigenvalue weighted by Crippen LogP contribution is 2.17. The molecule has 0 aliphatic carbocycles. The van der Waals surface area contributed by atoms with Crippen LogP contribution in [0.4, 0.5) is 5.82 Å². The van der Waals surface area contributed by atoms with E-state index in [1.54, 1.807) is 0 Å². The molecule has 0 saturated heterocycles. The molecule has 4 heteroatoms. The number of aryl methyl sites for hydroxylation is 1. The first-order valence-corrected chi connectivity index (χ1v) is 6.32. The van der Waals surface area contributed by atoms with Crippen molar-refractivity contribution < 1.29 is 0 Å². The first kappa shape index (κ1) is 12.8. The summed E-state index contributed by atoms with van der Waals surface area (Å²) >= 11 is 5.94. The minimum atomic E-state index is 0.503.